The summed E-state index contributed by atoms with van der Waals surface area (Å²) in [5, 5.41) is 10.1. The van der Waals surface area contributed by atoms with Crippen molar-refractivity contribution in [3.63, 3.8) is 0 Å². The fraction of sp³-hybridized carbons (Fsp3) is 0.235. The Labute approximate surface area is 146 Å². The summed E-state index contributed by atoms with van der Waals surface area (Å²) in [6.07, 6.45) is -0.0456. The highest BCUT2D eigenvalue weighted by molar-refractivity contribution is 5.88. The quantitative estimate of drug-likeness (QED) is 0.634. The van der Waals surface area contributed by atoms with Crippen LogP contribution >= 0.6 is 0 Å². The van der Waals surface area contributed by atoms with Crippen LogP contribution in [0.25, 0.3) is 10.8 Å². The van der Waals surface area contributed by atoms with Gasteiger partial charge < -0.3 is 5.32 Å². The van der Waals surface area contributed by atoms with Crippen molar-refractivity contribution in [1.82, 2.24) is 24.6 Å². The smallest absolute Gasteiger partial charge is 0.330 e. The van der Waals surface area contributed by atoms with E-state index in [0.717, 1.165) is 4.57 Å². The van der Waals surface area contributed by atoms with E-state index in [-0.39, 0.29) is 24.4 Å². The van der Waals surface area contributed by atoms with Gasteiger partial charge in [0, 0.05) is 31.2 Å². The second-order valence-electron chi connectivity index (χ2n) is 5.87. The molecule has 2 heterocycles. The third-order valence-corrected chi connectivity index (χ3v) is 4.20. The van der Waals surface area contributed by atoms with Crippen molar-refractivity contribution >= 4 is 16.7 Å². The van der Waals surface area contributed by atoms with Gasteiger partial charge in [-0.1, -0.05) is 18.2 Å². The number of fused-ring (bicyclic) bond motifs is 1. The number of H-pyrrole nitrogens is 1. The first-order valence-corrected chi connectivity index (χ1v) is 7.87. The molecule has 2 N–H and O–H groups in total. The standard InChI is InChI=1S/C17H17N5O4/c1-21-10(7-15(24)22(2)17(21)26)9-18-14(23)8-13-11-5-3-4-6-12(11)16(25)20-19-13/h3-7H,8-9H2,1-2H3,(H,18,23)(H,20,25). The highest BCUT2D eigenvalue weighted by atomic mass is 16.2. The second kappa shape index (κ2) is 6.79. The molecule has 2 aromatic heterocycles. The van der Waals surface area contributed by atoms with E-state index in [4.69, 9.17) is 0 Å². The van der Waals surface area contributed by atoms with Gasteiger partial charge in [0.05, 0.1) is 24.0 Å². The zero-order chi connectivity index (χ0) is 18.8. The van der Waals surface area contributed by atoms with Crippen molar-refractivity contribution in [1.29, 1.82) is 0 Å². The fourth-order valence-corrected chi connectivity index (χ4v) is 2.66. The molecule has 3 rings (SSSR count). The highest BCUT2D eigenvalue weighted by Crippen LogP contribution is 2.12. The largest absolute Gasteiger partial charge is 0.350 e. The molecule has 3 aromatic rings. The summed E-state index contributed by atoms with van der Waals surface area (Å²) in [7, 11) is 2.92. The van der Waals surface area contributed by atoms with E-state index < -0.39 is 11.2 Å². The van der Waals surface area contributed by atoms with E-state index in [1.165, 1.54) is 24.7 Å². The SMILES string of the molecule is Cn1c(CNC(=O)Cc2n[nH]c(=O)c3ccccc23)cc(=O)n(C)c1=O. The van der Waals surface area contributed by atoms with Crippen LogP contribution in [0, 0.1) is 0 Å². The van der Waals surface area contributed by atoms with Crippen molar-refractivity contribution in [2.45, 2.75) is 13.0 Å². The van der Waals surface area contributed by atoms with Crippen molar-refractivity contribution in [3.05, 3.63) is 72.9 Å². The number of rotatable bonds is 4. The molecule has 0 atom stereocenters. The van der Waals surface area contributed by atoms with Crippen LogP contribution in [0.15, 0.2) is 44.7 Å². The maximum atomic E-state index is 12.2. The Morgan fingerprint density at radius 1 is 1.12 bits per heavy atom. The van der Waals surface area contributed by atoms with E-state index in [0.29, 0.717) is 22.2 Å². The van der Waals surface area contributed by atoms with Gasteiger partial charge in [-0.2, -0.15) is 5.10 Å². The van der Waals surface area contributed by atoms with Gasteiger partial charge in [0.2, 0.25) is 5.91 Å². The number of hydrogen-bond donors (Lipinski definition) is 2. The molecule has 0 aliphatic heterocycles. The lowest BCUT2D eigenvalue weighted by molar-refractivity contribution is -0.120. The molecule has 9 nitrogen and oxygen atoms in total. The molecule has 0 radical (unpaired) electrons. The number of nitrogens with one attached hydrogen (secondary N) is 2. The lowest BCUT2D eigenvalue weighted by atomic mass is 10.1. The van der Waals surface area contributed by atoms with E-state index in [9.17, 15) is 19.2 Å². The Kier molecular flexibility index (Phi) is 4.53. The Balaban J connectivity index is 1.79. The molecule has 0 saturated carbocycles. The monoisotopic (exact) mass is 355 g/mol. The fourth-order valence-electron chi connectivity index (χ4n) is 2.66. The summed E-state index contributed by atoms with van der Waals surface area (Å²) < 4.78 is 2.29. The van der Waals surface area contributed by atoms with Gasteiger partial charge in [-0.3, -0.25) is 23.5 Å². The summed E-state index contributed by atoms with van der Waals surface area (Å²) in [5.74, 6) is -0.345. The molecule has 1 aromatic carbocycles. The van der Waals surface area contributed by atoms with Crippen LogP contribution in [0.2, 0.25) is 0 Å². The van der Waals surface area contributed by atoms with Crippen LogP contribution in [0.1, 0.15) is 11.4 Å². The summed E-state index contributed by atoms with van der Waals surface area (Å²) in [5.41, 5.74) is -0.387. The normalized spacial score (nSPS) is 10.8. The molecular weight excluding hydrogens is 338 g/mol. The number of carbonyl (C=O) groups excluding carboxylic acids is 1. The minimum atomic E-state index is -0.463. The topological polar surface area (TPSA) is 119 Å². The number of nitrogens with zero attached hydrogens (tertiary/aromatic N) is 3. The van der Waals surface area contributed by atoms with E-state index in [1.807, 2.05) is 0 Å². The molecule has 0 unspecified atom stereocenters. The van der Waals surface area contributed by atoms with Crippen LogP contribution < -0.4 is 22.1 Å². The average Bonchev–Trinajstić information content (AvgIpc) is 2.64. The Hall–Kier alpha value is -3.49. The molecule has 134 valence electrons. The van der Waals surface area contributed by atoms with E-state index in [1.54, 1.807) is 24.3 Å². The first kappa shape index (κ1) is 17.3. The number of aromatic nitrogens is 4. The van der Waals surface area contributed by atoms with Crippen molar-refractivity contribution in [2.24, 2.45) is 14.1 Å². The molecule has 1 amide bonds. The summed E-state index contributed by atoms with van der Waals surface area (Å²) in [4.78, 5) is 47.6. The van der Waals surface area contributed by atoms with Crippen molar-refractivity contribution in [3.8, 4) is 0 Å². The van der Waals surface area contributed by atoms with Gasteiger partial charge in [0.15, 0.2) is 0 Å². The molecule has 0 spiro atoms. The lowest BCUT2D eigenvalue weighted by Gasteiger charge is -2.11. The summed E-state index contributed by atoms with van der Waals surface area (Å²) in [6, 6.07) is 8.19. The summed E-state index contributed by atoms with van der Waals surface area (Å²) in [6.45, 7) is 0.0297. The Morgan fingerprint density at radius 2 is 1.81 bits per heavy atom. The number of benzene rings is 1. The van der Waals surface area contributed by atoms with E-state index >= 15 is 0 Å². The first-order valence-electron chi connectivity index (χ1n) is 7.87. The molecular formula is C17H17N5O4. The van der Waals surface area contributed by atoms with Crippen molar-refractivity contribution in [2.75, 3.05) is 0 Å². The van der Waals surface area contributed by atoms with Crippen LogP contribution in [0.4, 0.5) is 0 Å². The van der Waals surface area contributed by atoms with Gasteiger partial charge in [0.25, 0.3) is 11.1 Å². The van der Waals surface area contributed by atoms with Gasteiger partial charge in [-0.15, -0.1) is 0 Å². The third kappa shape index (κ3) is 3.18. The predicted molar refractivity (Wildman–Crippen MR) is 94.8 cm³/mol. The van der Waals surface area contributed by atoms with Gasteiger partial charge in [-0.25, -0.2) is 9.89 Å². The number of carbonyl (C=O) groups is 1. The zero-order valence-corrected chi connectivity index (χ0v) is 14.3. The molecule has 0 saturated heterocycles. The molecule has 26 heavy (non-hydrogen) atoms. The number of aromatic amines is 1. The minimum Gasteiger partial charge on any atom is -0.350 e. The third-order valence-electron chi connectivity index (χ3n) is 4.20. The molecule has 0 fully saturated rings. The molecule has 9 heteroatoms. The van der Waals surface area contributed by atoms with Gasteiger partial charge in [-0.05, 0) is 6.07 Å². The molecule has 0 aliphatic carbocycles. The minimum absolute atomic E-state index is 0.0297. The van der Waals surface area contributed by atoms with Gasteiger partial charge in [0.1, 0.15) is 0 Å². The number of hydrogen-bond acceptors (Lipinski definition) is 5. The summed E-state index contributed by atoms with van der Waals surface area (Å²) >= 11 is 0. The number of amides is 1. The average molecular weight is 355 g/mol. The predicted octanol–water partition coefficient (Wildman–Crippen LogP) is -0.821. The van der Waals surface area contributed by atoms with Crippen LogP contribution in [0.3, 0.4) is 0 Å². The van der Waals surface area contributed by atoms with Gasteiger partial charge >= 0.3 is 5.69 Å². The van der Waals surface area contributed by atoms with Crippen LogP contribution in [0.5, 0.6) is 0 Å². The van der Waals surface area contributed by atoms with Crippen LogP contribution in [-0.2, 0) is 31.9 Å². The Bertz CT molecular complexity index is 1170. The molecule has 0 aliphatic rings. The zero-order valence-electron chi connectivity index (χ0n) is 14.3. The maximum Gasteiger partial charge on any atom is 0.330 e. The highest BCUT2D eigenvalue weighted by Gasteiger charge is 2.12. The molecule has 0 bridgehead atoms. The second-order valence-corrected chi connectivity index (χ2v) is 5.87. The van der Waals surface area contributed by atoms with Crippen molar-refractivity contribution < 1.29 is 4.79 Å². The first-order chi connectivity index (χ1) is 12.4. The van der Waals surface area contributed by atoms with Crippen LogP contribution in [-0.4, -0.2) is 25.2 Å². The Morgan fingerprint density at radius 3 is 2.54 bits per heavy atom. The van der Waals surface area contributed by atoms with E-state index in [2.05, 4.69) is 15.5 Å². The maximum absolute atomic E-state index is 12.2. The lowest BCUT2D eigenvalue weighted by Crippen LogP contribution is -2.39.